The number of aryl methyl sites for hydroxylation is 1. The van der Waals surface area contributed by atoms with Crippen LogP contribution in [0.2, 0.25) is 0 Å². The van der Waals surface area contributed by atoms with Crippen LogP contribution in [0.3, 0.4) is 0 Å². The van der Waals surface area contributed by atoms with Gasteiger partial charge in [-0.3, -0.25) is 13.9 Å². The Morgan fingerprint density at radius 1 is 1.03 bits per heavy atom. The first-order chi connectivity index (χ1) is 15.7. The number of carbonyl (C=O) groups excluding carboxylic acids is 2. The van der Waals surface area contributed by atoms with Gasteiger partial charge in [-0.05, 0) is 49.4 Å². The van der Waals surface area contributed by atoms with Crippen LogP contribution in [0.15, 0.2) is 54.6 Å². The van der Waals surface area contributed by atoms with E-state index in [4.69, 9.17) is 0 Å². The van der Waals surface area contributed by atoms with Gasteiger partial charge in [-0.25, -0.2) is 8.42 Å². The highest BCUT2D eigenvalue weighted by atomic mass is 32.2. The van der Waals surface area contributed by atoms with Gasteiger partial charge in [0, 0.05) is 13.1 Å². The van der Waals surface area contributed by atoms with Crippen molar-refractivity contribution in [3.63, 3.8) is 0 Å². The fraction of sp³-hybridized carbons (Fsp3) is 0.440. The Kier molecular flexibility index (Phi) is 9.91. The van der Waals surface area contributed by atoms with E-state index in [0.717, 1.165) is 28.1 Å². The summed E-state index contributed by atoms with van der Waals surface area (Å²) >= 11 is 0. The summed E-state index contributed by atoms with van der Waals surface area (Å²) in [4.78, 5) is 27.9. The van der Waals surface area contributed by atoms with E-state index in [1.807, 2.05) is 57.2 Å². The second-order valence-corrected chi connectivity index (χ2v) is 10.1. The maximum Gasteiger partial charge on any atom is 0.244 e. The van der Waals surface area contributed by atoms with Crippen LogP contribution in [-0.4, -0.2) is 57.1 Å². The lowest BCUT2D eigenvalue weighted by Crippen LogP contribution is -2.53. The number of nitrogens with one attached hydrogen (secondary N) is 1. The highest BCUT2D eigenvalue weighted by Crippen LogP contribution is 2.20. The SMILES string of the molecule is CCCNC(=O)[C@@H](CC)N(CCc1ccccc1)C(=O)CN(c1cccc(C)c1)S(C)(=O)=O. The molecule has 0 aliphatic carbocycles. The lowest BCUT2D eigenvalue weighted by atomic mass is 10.1. The van der Waals surface area contributed by atoms with Crippen LogP contribution in [-0.2, 0) is 26.0 Å². The maximum atomic E-state index is 13.5. The minimum Gasteiger partial charge on any atom is -0.354 e. The lowest BCUT2D eigenvalue weighted by Gasteiger charge is -2.33. The molecule has 8 heteroatoms. The van der Waals surface area contributed by atoms with Crippen molar-refractivity contribution in [1.82, 2.24) is 10.2 Å². The van der Waals surface area contributed by atoms with Gasteiger partial charge in [0.2, 0.25) is 21.8 Å². The number of hydrogen-bond acceptors (Lipinski definition) is 4. The zero-order valence-corrected chi connectivity index (χ0v) is 20.8. The molecule has 0 saturated carbocycles. The summed E-state index contributed by atoms with van der Waals surface area (Å²) in [5.41, 5.74) is 2.36. The predicted octanol–water partition coefficient (Wildman–Crippen LogP) is 3.14. The molecule has 0 aliphatic heterocycles. The molecule has 2 aromatic carbocycles. The number of carbonyl (C=O) groups is 2. The quantitative estimate of drug-likeness (QED) is 0.513. The van der Waals surface area contributed by atoms with Crippen molar-refractivity contribution in [2.45, 2.75) is 46.1 Å². The third-order valence-corrected chi connectivity index (χ3v) is 6.53. The Hall–Kier alpha value is -2.87. The zero-order chi connectivity index (χ0) is 24.4. The Labute approximate surface area is 197 Å². The van der Waals surface area contributed by atoms with Crippen molar-refractivity contribution in [2.24, 2.45) is 0 Å². The molecule has 7 nitrogen and oxygen atoms in total. The highest BCUT2D eigenvalue weighted by molar-refractivity contribution is 7.92. The summed E-state index contributed by atoms with van der Waals surface area (Å²) in [6.45, 7) is 6.15. The van der Waals surface area contributed by atoms with Gasteiger partial charge in [-0.15, -0.1) is 0 Å². The molecular weight excluding hydrogens is 438 g/mol. The molecule has 0 heterocycles. The van der Waals surface area contributed by atoms with Gasteiger partial charge >= 0.3 is 0 Å². The normalized spacial score (nSPS) is 12.1. The van der Waals surface area contributed by atoms with Gasteiger partial charge in [-0.1, -0.05) is 56.3 Å². The third-order valence-electron chi connectivity index (χ3n) is 5.39. The van der Waals surface area contributed by atoms with Crippen LogP contribution in [0, 0.1) is 6.92 Å². The molecule has 180 valence electrons. The Morgan fingerprint density at radius 2 is 1.73 bits per heavy atom. The second-order valence-electron chi connectivity index (χ2n) is 8.15. The number of nitrogens with zero attached hydrogens (tertiary/aromatic N) is 2. The summed E-state index contributed by atoms with van der Waals surface area (Å²) in [7, 11) is -3.71. The predicted molar refractivity (Wildman–Crippen MR) is 133 cm³/mol. The molecule has 2 amide bonds. The zero-order valence-electron chi connectivity index (χ0n) is 20.0. The van der Waals surface area contributed by atoms with Gasteiger partial charge < -0.3 is 10.2 Å². The van der Waals surface area contributed by atoms with E-state index in [2.05, 4.69) is 5.32 Å². The van der Waals surface area contributed by atoms with E-state index < -0.39 is 22.0 Å². The summed E-state index contributed by atoms with van der Waals surface area (Å²) in [5, 5.41) is 2.87. The van der Waals surface area contributed by atoms with Crippen molar-refractivity contribution in [3.8, 4) is 0 Å². The molecule has 0 unspecified atom stereocenters. The number of hydrogen-bond donors (Lipinski definition) is 1. The molecule has 33 heavy (non-hydrogen) atoms. The molecule has 2 aromatic rings. The fourth-order valence-corrected chi connectivity index (χ4v) is 4.50. The fourth-order valence-electron chi connectivity index (χ4n) is 3.66. The molecule has 0 bridgehead atoms. The van der Waals surface area contributed by atoms with E-state index in [1.54, 1.807) is 18.2 Å². The molecule has 0 radical (unpaired) electrons. The Morgan fingerprint density at radius 3 is 2.30 bits per heavy atom. The number of anilines is 1. The van der Waals surface area contributed by atoms with E-state index in [1.165, 1.54) is 4.90 Å². The molecule has 0 fully saturated rings. The number of amides is 2. The first kappa shape index (κ1) is 26.4. The van der Waals surface area contributed by atoms with Crippen LogP contribution < -0.4 is 9.62 Å². The Balaban J connectivity index is 2.33. The van der Waals surface area contributed by atoms with Crippen molar-refractivity contribution in [2.75, 3.05) is 30.2 Å². The molecule has 0 aromatic heterocycles. The first-order valence-electron chi connectivity index (χ1n) is 11.3. The van der Waals surface area contributed by atoms with E-state index in [9.17, 15) is 18.0 Å². The number of benzene rings is 2. The first-order valence-corrected chi connectivity index (χ1v) is 13.2. The second kappa shape index (κ2) is 12.4. The molecule has 0 saturated heterocycles. The van der Waals surface area contributed by atoms with Crippen molar-refractivity contribution >= 4 is 27.5 Å². The van der Waals surface area contributed by atoms with Gasteiger partial charge in [0.1, 0.15) is 12.6 Å². The van der Waals surface area contributed by atoms with Crippen molar-refractivity contribution in [1.29, 1.82) is 0 Å². The average Bonchev–Trinajstić information content (AvgIpc) is 2.78. The summed E-state index contributed by atoms with van der Waals surface area (Å²) in [6, 6.07) is 16.1. The van der Waals surface area contributed by atoms with E-state index in [-0.39, 0.29) is 12.5 Å². The minimum atomic E-state index is -3.71. The van der Waals surface area contributed by atoms with Crippen LogP contribution in [0.1, 0.15) is 37.8 Å². The largest absolute Gasteiger partial charge is 0.354 e. The highest BCUT2D eigenvalue weighted by Gasteiger charge is 2.31. The molecule has 1 atom stereocenters. The molecule has 1 N–H and O–H groups in total. The van der Waals surface area contributed by atoms with Crippen LogP contribution in [0.5, 0.6) is 0 Å². The number of rotatable bonds is 12. The Bertz CT molecular complexity index is 1020. The monoisotopic (exact) mass is 473 g/mol. The van der Waals surface area contributed by atoms with Gasteiger partial charge in [-0.2, -0.15) is 0 Å². The number of sulfonamides is 1. The van der Waals surface area contributed by atoms with Crippen molar-refractivity contribution in [3.05, 3.63) is 65.7 Å². The molecular formula is C25H35N3O4S. The van der Waals surface area contributed by atoms with Crippen LogP contribution >= 0.6 is 0 Å². The third kappa shape index (κ3) is 7.89. The molecule has 0 spiro atoms. The van der Waals surface area contributed by atoms with E-state index in [0.29, 0.717) is 31.6 Å². The topological polar surface area (TPSA) is 86.8 Å². The maximum absolute atomic E-state index is 13.5. The summed E-state index contributed by atoms with van der Waals surface area (Å²) in [5.74, 6) is -0.626. The summed E-state index contributed by atoms with van der Waals surface area (Å²) in [6.07, 6.45) is 2.87. The minimum absolute atomic E-state index is 0.220. The van der Waals surface area contributed by atoms with Gasteiger partial charge in [0.15, 0.2) is 0 Å². The van der Waals surface area contributed by atoms with Gasteiger partial charge in [0.05, 0.1) is 11.9 Å². The van der Waals surface area contributed by atoms with Crippen LogP contribution in [0.25, 0.3) is 0 Å². The smallest absolute Gasteiger partial charge is 0.244 e. The molecule has 2 rings (SSSR count). The molecule has 0 aliphatic rings. The average molecular weight is 474 g/mol. The van der Waals surface area contributed by atoms with Gasteiger partial charge in [0.25, 0.3) is 0 Å². The van der Waals surface area contributed by atoms with Crippen LogP contribution in [0.4, 0.5) is 5.69 Å². The van der Waals surface area contributed by atoms with E-state index >= 15 is 0 Å². The van der Waals surface area contributed by atoms with Crippen molar-refractivity contribution < 1.29 is 18.0 Å². The lowest BCUT2D eigenvalue weighted by molar-refractivity contribution is -0.139. The summed E-state index contributed by atoms with van der Waals surface area (Å²) < 4.78 is 26.2. The standard InChI is InChI=1S/C25H35N3O4S/c1-5-16-26-25(30)23(6-2)27(17-15-21-12-8-7-9-13-21)24(29)19-28(33(4,31)32)22-14-10-11-20(3)18-22/h7-14,18,23H,5-6,15-17,19H2,1-4H3,(H,26,30)/t23-/m1/s1.